The second-order valence-corrected chi connectivity index (χ2v) is 9.76. The van der Waals surface area contributed by atoms with Gasteiger partial charge in [0.25, 0.3) is 0 Å². The lowest BCUT2D eigenvalue weighted by molar-refractivity contribution is 0.0526. The number of esters is 1. The number of ether oxygens (including phenoxy) is 2. The second-order valence-electron chi connectivity index (χ2n) is 8.73. The molecule has 3 aromatic heterocycles. The van der Waals surface area contributed by atoms with Crippen LogP contribution in [-0.4, -0.2) is 66.1 Å². The summed E-state index contributed by atoms with van der Waals surface area (Å²) in [6, 6.07) is 15.6. The van der Waals surface area contributed by atoms with Gasteiger partial charge in [0.15, 0.2) is 11.6 Å². The minimum Gasteiger partial charge on any atom is -0.462 e. The van der Waals surface area contributed by atoms with Crippen LogP contribution in [0.3, 0.4) is 0 Å². The average Bonchev–Trinajstić information content (AvgIpc) is 3.60. The van der Waals surface area contributed by atoms with Crippen molar-refractivity contribution in [3.05, 3.63) is 60.3 Å². The number of hydrogen-bond acceptors (Lipinski definition) is 9. The summed E-state index contributed by atoms with van der Waals surface area (Å²) in [6.45, 7) is 5.05. The molecule has 9 nitrogen and oxygen atoms in total. The minimum atomic E-state index is -0.316. The van der Waals surface area contributed by atoms with Gasteiger partial charge >= 0.3 is 5.97 Å². The third-order valence-electron chi connectivity index (χ3n) is 6.47. The molecule has 0 radical (unpaired) electrons. The van der Waals surface area contributed by atoms with Gasteiger partial charge in [-0.05, 0) is 43.3 Å². The number of fused-ring (bicyclic) bond motifs is 2. The number of hydrogen-bond donors (Lipinski definition) is 1. The number of benzene rings is 2. The lowest BCUT2D eigenvalue weighted by Crippen LogP contribution is -2.36. The van der Waals surface area contributed by atoms with Gasteiger partial charge in [-0.15, -0.1) is 11.3 Å². The van der Waals surface area contributed by atoms with Gasteiger partial charge in [0, 0.05) is 36.8 Å². The highest BCUT2D eigenvalue weighted by molar-refractivity contribution is 7.23. The molecule has 0 unspecified atom stereocenters. The topological polar surface area (TPSA) is 96.5 Å². The Morgan fingerprint density at radius 2 is 1.97 bits per heavy atom. The van der Waals surface area contributed by atoms with E-state index in [0.717, 1.165) is 56.3 Å². The summed E-state index contributed by atoms with van der Waals surface area (Å²) < 4.78 is 11.7. The van der Waals surface area contributed by atoms with Gasteiger partial charge in [-0.1, -0.05) is 12.1 Å². The molecule has 0 amide bonds. The molecule has 188 valence electrons. The van der Waals surface area contributed by atoms with Gasteiger partial charge in [-0.2, -0.15) is 5.10 Å². The summed E-state index contributed by atoms with van der Waals surface area (Å²) in [5.41, 5.74) is 4.28. The Kier molecular flexibility index (Phi) is 6.19. The number of anilines is 3. The summed E-state index contributed by atoms with van der Waals surface area (Å²) in [6.07, 6.45) is 1.82. The van der Waals surface area contributed by atoms with E-state index in [0.29, 0.717) is 31.2 Å². The zero-order valence-corrected chi connectivity index (χ0v) is 21.4. The molecule has 0 atom stereocenters. The van der Waals surface area contributed by atoms with Gasteiger partial charge in [-0.3, -0.25) is 5.10 Å². The first-order chi connectivity index (χ1) is 18.1. The van der Waals surface area contributed by atoms with Crippen LogP contribution in [0.2, 0.25) is 0 Å². The third kappa shape index (κ3) is 4.38. The van der Waals surface area contributed by atoms with Crippen molar-refractivity contribution >= 4 is 54.9 Å². The van der Waals surface area contributed by atoms with Gasteiger partial charge in [0.05, 0.1) is 52.3 Å². The molecule has 1 aliphatic heterocycles. The fourth-order valence-electron chi connectivity index (χ4n) is 4.50. The smallest absolute Gasteiger partial charge is 0.338 e. The molecule has 0 saturated carbocycles. The number of carbonyl (C=O) groups excluding carboxylic acids is 1. The van der Waals surface area contributed by atoms with Crippen molar-refractivity contribution in [3.8, 4) is 11.4 Å². The lowest BCUT2D eigenvalue weighted by atomic mass is 10.1. The molecule has 1 N–H and O–H groups in total. The molecule has 0 aliphatic carbocycles. The Hall–Kier alpha value is -4.02. The molecular formula is C27H26N6O3S. The molecule has 37 heavy (non-hydrogen) atoms. The van der Waals surface area contributed by atoms with Crippen LogP contribution in [0.5, 0.6) is 0 Å². The first kappa shape index (κ1) is 23.4. The standard InChI is InChI=1S/C27H26N6O3S/c1-3-36-27(34)17-7-9-18(10-8-17)32(2)23-15-22-24(37-23)26(33-11-13-35-14-12-33)30-25(29-22)19-5-4-6-21-20(19)16-28-31-21/h4-10,15-16H,3,11-14H2,1-2H3,(H,28,31). The highest BCUT2D eigenvalue weighted by Gasteiger charge is 2.22. The molecule has 0 spiro atoms. The Morgan fingerprint density at radius 3 is 2.76 bits per heavy atom. The number of nitrogens with one attached hydrogen (secondary N) is 1. The summed E-state index contributed by atoms with van der Waals surface area (Å²) in [4.78, 5) is 26.5. The Labute approximate surface area is 217 Å². The molecule has 0 bridgehead atoms. The van der Waals surface area contributed by atoms with Crippen LogP contribution >= 0.6 is 11.3 Å². The highest BCUT2D eigenvalue weighted by Crippen LogP contribution is 2.40. The molecule has 5 aromatic rings. The van der Waals surface area contributed by atoms with Gasteiger partial charge < -0.3 is 19.3 Å². The number of H-pyrrole nitrogens is 1. The van der Waals surface area contributed by atoms with Crippen LogP contribution in [0.15, 0.2) is 54.7 Å². The van der Waals surface area contributed by atoms with Crippen molar-refractivity contribution in [2.24, 2.45) is 0 Å². The van der Waals surface area contributed by atoms with E-state index in [1.165, 1.54) is 0 Å². The van der Waals surface area contributed by atoms with E-state index in [2.05, 4.69) is 26.1 Å². The van der Waals surface area contributed by atoms with Gasteiger partial charge in [0.2, 0.25) is 0 Å². The van der Waals surface area contributed by atoms with Crippen LogP contribution in [0.25, 0.3) is 32.5 Å². The molecule has 6 rings (SSSR count). The summed E-state index contributed by atoms with van der Waals surface area (Å²) in [7, 11) is 2.01. The first-order valence-corrected chi connectivity index (χ1v) is 13.0. The number of aromatic nitrogens is 4. The Morgan fingerprint density at radius 1 is 1.16 bits per heavy atom. The fourth-order valence-corrected chi connectivity index (χ4v) is 5.60. The normalized spacial score (nSPS) is 13.8. The number of nitrogens with zero attached hydrogens (tertiary/aromatic N) is 5. The number of carbonyl (C=O) groups is 1. The molecule has 1 saturated heterocycles. The maximum atomic E-state index is 12.0. The van der Waals surface area contributed by atoms with E-state index in [1.807, 2.05) is 43.6 Å². The van der Waals surface area contributed by atoms with Crippen molar-refractivity contribution in [2.45, 2.75) is 6.92 Å². The molecule has 2 aromatic carbocycles. The van der Waals surface area contributed by atoms with Crippen LogP contribution in [-0.2, 0) is 9.47 Å². The SMILES string of the molecule is CCOC(=O)c1ccc(N(C)c2cc3nc(-c4cccc5[nH]ncc45)nc(N4CCOCC4)c3s2)cc1. The van der Waals surface area contributed by atoms with Crippen LogP contribution in [0.1, 0.15) is 17.3 Å². The first-order valence-electron chi connectivity index (χ1n) is 12.2. The zero-order chi connectivity index (χ0) is 25.4. The number of morpholine rings is 1. The average molecular weight is 515 g/mol. The predicted octanol–water partition coefficient (Wildman–Crippen LogP) is 5.02. The van der Waals surface area contributed by atoms with Crippen LogP contribution < -0.4 is 9.80 Å². The number of aromatic amines is 1. The minimum absolute atomic E-state index is 0.316. The monoisotopic (exact) mass is 514 g/mol. The van der Waals surface area contributed by atoms with Crippen LogP contribution in [0.4, 0.5) is 16.5 Å². The van der Waals surface area contributed by atoms with E-state index in [1.54, 1.807) is 30.4 Å². The van der Waals surface area contributed by atoms with E-state index in [-0.39, 0.29) is 5.97 Å². The van der Waals surface area contributed by atoms with Gasteiger partial charge in [0.1, 0.15) is 0 Å². The van der Waals surface area contributed by atoms with Gasteiger partial charge in [-0.25, -0.2) is 14.8 Å². The largest absolute Gasteiger partial charge is 0.462 e. The molecule has 10 heteroatoms. The van der Waals surface area contributed by atoms with Crippen molar-refractivity contribution in [3.63, 3.8) is 0 Å². The molecule has 4 heterocycles. The van der Waals surface area contributed by atoms with E-state index >= 15 is 0 Å². The summed E-state index contributed by atoms with van der Waals surface area (Å²) >= 11 is 1.66. The van der Waals surface area contributed by atoms with Crippen molar-refractivity contribution in [1.82, 2.24) is 20.2 Å². The van der Waals surface area contributed by atoms with Crippen molar-refractivity contribution in [1.29, 1.82) is 0 Å². The predicted molar refractivity (Wildman–Crippen MR) is 146 cm³/mol. The molecular weight excluding hydrogens is 488 g/mol. The van der Waals surface area contributed by atoms with Crippen molar-refractivity contribution in [2.75, 3.05) is 49.8 Å². The number of rotatable bonds is 6. The second kappa shape index (κ2) is 9.79. The fraction of sp³-hybridized carbons (Fsp3) is 0.259. The Balaban J connectivity index is 1.42. The lowest BCUT2D eigenvalue weighted by Gasteiger charge is -2.28. The van der Waals surface area contributed by atoms with E-state index < -0.39 is 0 Å². The van der Waals surface area contributed by atoms with Crippen molar-refractivity contribution < 1.29 is 14.3 Å². The molecule has 1 fully saturated rings. The number of thiophene rings is 1. The highest BCUT2D eigenvalue weighted by atomic mass is 32.1. The quantitative estimate of drug-likeness (QED) is 0.316. The molecule has 1 aliphatic rings. The van der Waals surface area contributed by atoms with E-state index in [9.17, 15) is 4.79 Å². The van der Waals surface area contributed by atoms with E-state index in [4.69, 9.17) is 19.4 Å². The third-order valence-corrected chi connectivity index (χ3v) is 7.67. The Bertz CT molecular complexity index is 1570. The zero-order valence-electron chi connectivity index (χ0n) is 20.6. The summed E-state index contributed by atoms with van der Waals surface area (Å²) in [5, 5.41) is 9.26. The maximum Gasteiger partial charge on any atom is 0.338 e. The van der Waals surface area contributed by atoms with Crippen LogP contribution in [0, 0.1) is 0 Å². The maximum absolute atomic E-state index is 12.0. The summed E-state index contributed by atoms with van der Waals surface area (Å²) in [5.74, 6) is 1.28.